The highest BCUT2D eigenvalue weighted by atomic mass is 16.7. The van der Waals surface area contributed by atoms with E-state index in [0.717, 1.165) is 0 Å². The van der Waals surface area contributed by atoms with E-state index < -0.39 is 6.16 Å². The van der Waals surface area contributed by atoms with E-state index >= 15 is 0 Å². The minimum absolute atomic E-state index is 0.106. The topological polar surface area (TPSA) is 55.8 Å². The molecule has 0 atom stereocenters. The van der Waals surface area contributed by atoms with Gasteiger partial charge in [-0.25, -0.2) is 4.79 Å². The van der Waals surface area contributed by atoms with Crippen molar-refractivity contribution in [2.24, 2.45) is 0 Å². The summed E-state index contributed by atoms with van der Waals surface area (Å²) in [5.41, 5.74) is 0.667. The zero-order valence-corrected chi connectivity index (χ0v) is 9.58. The number of rotatable bonds is 3. The summed E-state index contributed by atoms with van der Waals surface area (Å²) in [6.07, 6.45) is -0.809. The highest BCUT2D eigenvalue weighted by Gasteiger charge is 2.07. The summed E-state index contributed by atoms with van der Waals surface area (Å²) >= 11 is 0. The van der Waals surface area contributed by atoms with Crippen molar-refractivity contribution in [3.63, 3.8) is 0 Å². The molecular weight excluding hydrogens is 232 g/mol. The minimum Gasteiger partial charge on any atom is -0.395 e. The van der Waals surface area contributed by atoms with Crippen LogP contribution in [0.2, 0.25) is 0 Å². The molecule has 4 heteroatoms. The second-order valence-electron chi connectivity index (χ2n) is 3.57. The molecule has 2 rings (SSSR count). The van der Waals surface area contributed by atoms with Crippen LogP contribution in [0, 0.1) is 0 Å². The zero-order valence-electron chi connectivity index (χ0n) is 9.58. The number of aliphatic hydroxyl groups excluding tert-OH is 1. The largest absolute Gasteiger partial charge is 0.519 e. The molecule has 0 aliphatic heterocycles. The third-order valence-corrected chi connectivity index (χ3v) is 2.23. The molecule has 0 radical (unpaired) electrons. The van der Waals surface area contributed by atoms with Gasteiger partial charge in [-0.3, -0.25) is 0 Å². The molecule has 1 N–H and O–H groups in total. The van der Waals surface area contributed by atoms with Crippen LogP contribution in [-0.2, 0) is 6.61 Å². The highest BCUT2D eigenvalue weighted by molar-refractivity contribution is 5.67. The van der Waals surface area contributed by atoms with Gasteiger partial charge in [0.2, 0.25) is 0 Å². The molecule has 0 aliphatic rings. The van der Waals surface area contributed by atoms with Gasteiger partial charge in [-0.2, -0.15) is 0 Å². The van der Waals surface area contributed by atoms with Crippen molar-refractivity contribution < 1.29 is 19.4 Å². The number of aliphatic hydroxyl groups is 1. The molecule has 0 fully saturated rings. The van der Waals surface area contributed by atoms with Gasteiger partial charge < -0.3 is 14.6 Å². The number of carbonyl (C=O) groups excluding carboxylic acids is 1. The first-order valence-electron chi connectivity index (χ1n) is 5.42. The lowest BCUT2D eigenvalue weighted by molar-refractivity contribution is 0.151. The third-order valence-electron chi connectivity index (χ3n) is 2.23. The lowest BCUT2D eigenvalue weighted by Gasteiger charge is -2.06. The summed E-state index contributed by atoms with van der Waals surface area (Å²) in [7, 11) is 0. The number of para-hydroxylation sites is 1. The summed E-state index contributed by atoms with van der Waals surface area (Å²) in [4.78, 5) is 11.5. The third kappa shape index (κ3) is 3.33. The molecule has 4 nitrogen and oxygen atoms in total. The van der Waals surface area contributed by atoms with E-state index in [-0.39, 0.29) is 6.61 Å². The van der Waals surface area contributed by atoms with Gasteiger partial charge in [0.05, 0.1) is 6.61 Å². The average Bonchev–Trinajstić information content (AvgIpc) is 2.40. The Kier molecular flexibility index (Phi) is 3.94. The van der Waals surface area contributed by atoms with Crippen molar-refractivity contribution in [2.45, 2.75) is 6.61 Å². The molecule has 0 aliphatic carbocycles. The van der Waals surface area contributed by atoms with Gasteiger partial charge in [-0.05, 0) is 29.8 Å². The first kappa shape index (κ1) is 12.1. The molecule has 0 bridgehead atoms. The molecular formula is C14H12O4. The van der Waals surface area contributed by atoms with Crippen molar-refractivity contribution in [1.29, 1.82) is 0 Å². The van der Waals surface area contributed by atoms with Gasteiger partial charge in [-0.15, -0.1) is 0 Å². The summed E-state index contributed by atoms with van der Waals surface area (Å²) in [6.45, 7) is -0.106. The van der Waals surface area contributed by atoms with Crippen LogP contribution in [-0.4, -0.2) is 11.3 Å². The van der Waals surface area contributed by atoms with E-state index in [2.05, 4.69) is 0 Å². The Labute approximate surface area is 104 Å². The zero-order chi connectivity index (χ0) is 12.8. The fraction of sp³-hybridized carbons (Fsp3) is 0.0714. The molecule has 0 saturated carbocycles. The second-order valence-corrected chi connectivity index (χ2v) is 3.57. The van der Waals surface area contributed by atoms with Gasteiger partial charge in [0.25, 0.3) is 0 Å². The van der Waals surface area contributed by atoms with Crippen molar-refractivity contribution in [3.8, 4) is 11.5 Å². The van der Waals surface area contributed by atoms with Crippen LogP contribution >= 0.6 is 0 Å². The van der Waals surface area contributed by atoms with Gasteiger partial charge in [-0.1, -0.05) is 30.3 Å². The van der Waals surface area contributed by atoms with Crippen LogP contribution in [0.5, 0.6) is 11.5 Å². The molecule has 0 amide bonds. The standard InChI is InChI=1S/C14H12O4/c15-10-11-5-4-8-13(9-11)18-14(16)17-12-6-2-1-3-7-12/h1-9,15H,10H2. The van der Waals surface area contributed by atoms with Gasteiger partial charge in [0.1, 0.15) is 11.5 Å². The molecule has 2 aromatic carbocycles. The SMILES string of the molecule is O=C(Oc1ccccc1)Oc1cccc(CO)c1. The fourth-order valence-corrected chi connectivity index (χ4v) is 1.41. The lowest BCUT2D eigenvalue weighted by atomic mass is 10.2. The van der Waals surface area contributed by atoms with E-state index in [1.165, 1.54) is 0 Å². The first-order chi connectivity index (χ1) is 8.78. The Morgan fingerprint density at radius 2 is 1.61 bits per heavy atom. The van der Waals surface area contributed by atoms with E-state index in [1.807, 2.05) is 6.07 Å². The van der Waals surface area contributed by atoms with Crippen LogP contribution in [0.3, 0.4) is 0 Å². The predicted molar refractivity (Wildman–Crippen MR) is 65.5 cm³/mol. The van der Waals surface area contributed by atoms with E-state index in [4.69, 9.17) is 14.6 Å². The van der Waals surface area contributed by atoms with E-state index in [1.54, 1.807) is 48.5 Å². The fourth-order valence-electron chi connectivity index (χ4n) is 1.41. The predicted octanol–water partition coefficient (Wildman–Crippen LogP) is 2.76. The monoisotopic (exact) mass is 244 g/mol. The van der Waals surface area contributed by atoms with Crippen molar-refractivity contribution >= 4 is 6.16 Å². The van der Waals surface area contributed by atoms with Crippen molar-refractivity contribution in [1.82, 2.24) is 0 Å². The number of hydrogen-bond acceptors (Lipinski definition) is 4. The molecule has 92 valence electrons. The number of hydrogen-bond donors (Lipinski definition) is 1. The lowest BCUT2D eigenvalue weighted by Crippen LogP contribution is -2.13. The number of carbonyl (C=O) groups is 1. The maximum absolute atomic E-state index is 11.5. The van der Waals surface area contributed by atoms with Crippen LogP contribution in [0.15, 0.2) is 54.6 Å². The highest BCUT2D eigenvalue weighted by Crippen LogP contribution is 2.15. The van der Waals surface area contributed by atoms with Gasteiger partial charge in [0.15, 0.2) is 0 Å². The van der Waals surface area contributed by atoms with Crippen molar-refractivity contribution in [3.05, 3.63) is 60.2 Å². The van der Waals surface area contributed by atoms with Gasteiger partial charge >= 0.3 is 6.16 Å². The minimum atomic E-state index is -0.809. The van der Waals surface area contributed by atoms with Crippen LogP contribution < -0.4 is 9.47 Å². The molecule has 18 heavy (non-hydrogen) atoms. The second kappa shape index (κ2) is 5.84. The molecule has 0 aromatic heterocycles. The number of benzene rings is 2. The average molecular weight is 244 g/mol. The molecule has 0 saturated heterocycles. The molecule has 0 unspecified atom stereocenters. The molecule has 0 spiro atoms. The molecule has 2 aromatic rings. The summed E-state index contributed by atoms with van der Waals surface area (Å²) in [5.74, 6) is 0.753. The Morgan fingerprint density at radius 3 is 2.33 bits per heavy atom. The summed E-state index contributed by atoms with van der Waals surface area (Å²) in [6, 6.07) is 15.3. The molecule has 0 heterocycles. The Hall–Kier alpha value is -2.33. The quantitative estimate of drug-likeness (QED) is 0.666. The number of ether oxygens (including phenoxy) is 2. The summed E-state index contributed by atoms with van der Waals surface area (Å²) in [5, 5.41) is 8.96. The maximum Gasteiger partial charge on any atom is 0.519 e. The first-order valence-corrected chi connectivity index (χ1v) is 5.42. The van der Waals surface area contributed by atoms with E-state index in [0.29, 0.717) is 17.1 Å². The van der Waals surface area contributed by atoms with Crippen LogP contribution in [0.25, 0.3) is 0 Å². The maximum atomic E-state index is 11.5. The Morgan fingerprint density at radius 1 is 0.944 bits per heavy atom. The Bertz CT molecular complexity index is 522. The smallest absolute Gasteiger partial charge is 0.395 e. The van der Waals surface area contributed by atoms with Crippen LogP contribution in [0.4, 0.5) is 4.79 Å². The normalized spacial score (nSPS) is 9.83. The van der Waals surface area contributed by atoms with Crippen molar-refractivity contribution in [2.75, 3.05) is 0 Å². The van der Waals surface area contributed by atoms with E-state index in [9.17, 15) is 4.79 Å². The van der Waals surface area contributed by atoms with Gasteiger partial charge in [0, 0.05) is 0 Å². The Balaban J connectivity index is 1.99. The van der Waals surface area contributed by atoms with Crippen LogP contribution in [0.1, 0.15) is 5.56 Å². The summed E-state index contributed by atoms with van der Waals surface area (Å²) < 4.78 is 9.96.